The summed E-state index contributed by atoms with van der Waals surface area (Å²) in [6, 6.07) is 10.3. The highest BCUT2D eigenvalue weighted by Crippen LogP contribution is 2.25. The summed E-state index contributed by atoms with van der Waals surface area (Å²) in [6.45, 7) is 4.18. The summed E-state index contributed by atoms with van der Waals surface area (Å²) < 4.78 is 1.94. The summed E-state index contributed by atoms with van der Waals surface area (Å²) in [7, 11) is 0. The topological polar surface area (TPSA) is 56.7 Å². The van der Waals surface area contributed by atoms with E-state index in [-0.39, 0.29) is 0 Å². The van der Waals surface area contributed by atoms with Gasteiger partial charge in [0.05, 0.1) is 5.69 Å². The Labute approximate surface area is 118 Å². The molecular weight excluding hydrogens is 248 g/mol. The van der Waals surface area contributed by atoms with E-state index >= 15 is 0 Å². The third-order valence-electron chi connectivity index (χ3n) is 3.41. The normalized spacial score (nSPS) is 11.1. The molecule has 2 N–H and O–H groups in total. The summed E-state index contributed by atoms with van der Waals surface area (Å²) in [6.07, 6.45) is 3.96. The van der Waals surface area contributed by atoms with Crippen molar-refractivity contribution < 1.29 is 0 Å². The smallest absolute Gasteiger partial charge is 0.207 e. The zero-order valence-corrected chi connectivity index (χ0v) is 11.8. The molecule has 0 fully saturated rings. The minimum absolute atomic E-state index is 0.488. The van der Waals surface area contributed by atoms with Crippen LogP contribution in [0.4, 0.5) is 5.95 Å². The third-order valence-corrected chi connectivity index (χ3v) is 3.41. The Bertz CT molecular complexity index is 758. The first-order valence-corrected chi connectivity index (χ1v) is 6.89. The molecule has 2 heterocycles. The molecule has 4 heteroatoms. The van der Waals surface area contributed by atoms with Crippen molar-refractivity contribution in [2.24, 2.45) is 0 Å². The van der Waals surface area contributed by atoms with Gasteiger partial charge in [0.25, 0.3) is 0 Å². The van der Waals surface area contributed by atoms with Crippen LogP contribution in [0.1, 0.15) is 24.5 Å². The van der Waals surface area contributed by atoms with Crippen LogP contribution in [0, 0.1) is 6.92 Å². The maximum absolute atomic E-state index is 6.11. The van der Waals surface area contributed by atoms with Gasteiger partial charge in [-0.25, -0.2) is 9.97 Å². The minimum atomic E-state index is 0.488. The van der Waals surface area contributed by atoms with Gasteiger partial charge in [-0.2, -0.15) is 0 Å². The maximum Gasteiger partial charge on any atom is 0.207 e. The SMILES string of the molecule is CCCc1ccccc1-n1c(N)nc2cc(C)cnc21. The summed E-state index contributed by atoms with van der Waals surface area (Å²) >= 11 is 0. The Morgan fingerprint density at radius 3 is 2.85 bits per heavy atom. The van der Waals surface area contributed by atoms with E-state index in [1.54, 1.807) is 0 Å². The van der Waals surface area contributed by atoms with Crippen molar-refractivity contribution in [3.63, 3.8) is 0 Å². The lowest BCUT2D eigenvalue weighted by atomic mass is 10.1. The first-order valence-electron chi connectivity index (χ1n) is 6.89. The molecule has 20 heavy (non-hydrogen) atoms. The molecule has 3 rings (SSSR count). The van der Waals surface area contributed by atoms with Gasteiger partial charge in [-0.3, -0.25) is 4.57 Å². The van der Waals surface area contributed by atoms with Crippen LogP contribution in [-0.4, -0.2) is 14.5 Å². The number of nitrogens with zero attached hydrogens (tertiary/aromatic N) is 3. The number of aromatic nitrogens is 3. The molecule has 102 valence electrons. The van der Waals surface area contributed by atoms with E-state index in [4.69, 9.17) is 5.73 Å². The van der Waals surface area contributed by atoms with Crippen molar-refractivity contribution in [1.82, 2.24) is 14.5 Å². The lowest BCUT2D eigenvalue weighted by molar-refractivity contribution is 0.903. The van der Waals surface area contributed by atoms with E-state index in [1.807, 2.05) is 29.8 Å². The fourth-order valence-corrected chi connectivity index (χ4v) is 2.53. The van der Waals surface area contributed by atoms with Crippen molar-refractivity contribution >= 4 is 17.1 Å². The Kier molecular flexibility index (Phi) is 3.14. The van der Waals surface area contributed by atoms with Gasteiger partial charge in [0, 0.05) is 6.20 Å². The van der Waals surface area contributed by atoms with Crippen LogP contribution in [0.15, 0.2) is 36.5 Å². The Hall–Kier alpha value is -2.36. The molecule has 0 spiro atoms. The number of rotatable bonds is 3. The van der Waals surface area contributed by atoms with E-state index in [9.17, 15) is 0 Å². The number of benzene rings is 1. The molecule has 0 aliphatic carbocycles. The summed E-state index contributed by atoms with van der Waals surface area (Å²) in [5.74, 6) is 0.488. The van der Waals surface area contributed by atoms with Crippen LogP contribution in [-0.2, 0) is 6.42 Å². The molecule has 0 atom stereocenters. The van der Waals surface area contributed by atoms with Crippen molar-refractivity contribution in [3.05, 3.63) is 47.7 Å². The van der Waals surface area contributed by atoms with Crippen LogP contribution in [0.25, 0.3) is 16.9 Å². The second kappa shape index (κ2) is 4.96. The number of fused-ring (bicyclic) bond motifs is 1. The van der Waals surface area contributed by atoms with Gasteiger partial charge in [-0.05, 0) is 36.6 Å². The van der Waals surface area contributed by atoms with Gasteiger partial charge in [0.2, 0.25) is 5.95 Å². The molecular formula is C16H18N4. The fourth-order valence-electron chi connectivity index (χ4n) is 2.53. The van der Waals surface area contributed by atoms with Crippen LogP contribution < -0.4 is 5.73 Å². The molecule has 2 aromatic heterocycles. The van der Waals surface area contributed by atoms with E-state index in [1.165, 1.54) is 5.56 Å². The average molecular weight is 266 g/mol. The molecule has 0 saturated heterocycles. The highest BCUT2D eigenvalue weighted by molar-refractivity contribution is 5.77. The van der Waals surface area contributed by atoms with Gasteiger partial charge in [0.15, 0.2) is 5.65 Å². The van der Waals surface area contributed by atoms with Crippen molar-refractivity contribution in [2.45, 2.75) is 26.7 Å². The molecule has 0 amide bonds. The highest BCUT2D eigenvalue weighted by atomic mass is 15.2. The zero-order chi connectivity index (χ0) is 14.1. The third kappa shape index (κ3) is 2.03. The maximum atomic E-state index is 6.11. The molecule has 4 nitrogen and oxygen atoms in total. The zero-order valence-electron chi connectivity index (χ0n) is 11.8. The van der Waals surface area contributed by atoms with Gasteiger partial charge in [-0.1, -0.05) is 31.5 Å². The van der Waals surface area contributed by atoms with E-state index in [0.29, 0.717) is 5.95 Å². The highest BCUT2D eigenvalue weighted by Gasteiger charge is 2.13. The standard InChI is InChI=1S/C16H18N4/c1-3-6-12-7-4-5-8-14(12)20-15-13(19-16(20)17)9-11(2)10-18-15/h4-5,7-10H,3,6H2,1-2H3,(H2,17,19). The van der Waals surface area contributed by atoms with Crippen LogP contribution in [0.3, 0.4) is 0 Å². The second-order valence-corrected chi connectivity index (χ2v) is 5.04. The number of nitrogen functional groups attached to an aromatic ring is 1. The van der Waals surface area contributed by atoms with E-state index in [2.05, 4.69) is 35.1 Å². The monoisotopic (exact) mass is 266 g/mol. The van der Waals surface area contributed by atoms with Gasteiger partial charge in [-0.15, -0.1) is 0 Å². The average Bonchev–Trinajstić information content (AvgIpc) is 2.75. The fraction of sp³-hybridized carbons (Fsp3) is 0.250. The lowest BCUT2D eigenvalue weighted by Gasteiger charge is -2.11. The predicted octanol–water partition coefficient (Wildman–Crippen LogP) is 3.26. The Morgan fingerprint density at radius 1 is 1.25 bits per heavy atom. The number of nitrogens with two attached hydrogens (primary N) is 1. The number of anilines is 1. The van der Waals surface area contributed by atoms with Crippen LogP contribution in [0.5, 0.6) is 0 Å². The first kappa shape index (κ1) is 12.7. The van der Waals surface area contributed by atoms with Crippen LogP contribution >= 0.6 is 0 Å². The molecule has 1 aromatic carbocycles. The molecule has 3 aromatic rings. The number of hydrogen-bond acceptors (Lipinski definition) is 3. The quantitative estimate of drug-likeness (QED) is 0.791. The number of aryl methyl sites for hydroxylation is 2. The van der Waals surface area contributed by atoms with E-state index in [0.717, 1.165) is 35.3 Å². The molecule has 0 unspecified atom stereocenters. The molecule has 0 bridgehead atoms. The minimum Gasteiger partial charge on any atom is -0.369 e. The van der Waals surface area contributed by atoms with Crippen molar-refractivity contribution in [2.75, 3.05) is 5.73 Å². The second-order valence-electron chi connectivity index (χ2n) is 5.04. The summed E-state index contributed by atoms with van der Waals surface area (Å²) in [4.78, 5) is 8.93. The van der Waals surface area contributed by atoms with Gasteiger partial charge in [0.1, 0.15) is 5.52 Å². The van der Waals surface area contributed by atoms with E-state index < -0.39 is 0 Å². The largest absolute Gasteiger partial charge is 0.369 e. The summed E-state index contributed by atoms with van der Waals surface area (Å²) in [5, 5.41) is 0. The molecule has 0 aliphatic heterocycles. The van der Waals surface area contributed by atoms with Crippen LogP contribution in [0.2, 0.25) is 0 Å². The van der Waals surface area contributed by atoms with Gasteiger partial charge >= 0.3 is 0 Å². The predicted molar refractivity (Wildman–Crippen MR) is 82.0 cm³/mol. The number of pyridine rings is 1. The Morgan fingerprint density at radius 2 is 2.05 bits per heavy atom. The molecule has 0 radical (unpaired) electrons. The first-order chi connectivity index (χ1) is 9.70. The number of hydrogen-bond donors (Lipinski definition) is 1. The number of imidazole rings is 1. The number of para-hydroxylation sites is 1. The van der Waals surface area contributed by atoms with Crippen molar-refractivity contribution in [1.29, 1.82) is 0 Å². The summed E-state index contributed by atoms with van der Waals surface area (Å²) in [5.41, 5.74) is 11.2. The lowest BCUT2D eigenvalue weighted by Crippen LogP contribution is -2.04. The van der Waals surface area contributed by atoms with Gasteiger partial charge < -0.3 is 5.73 Å². The molecule has 0 saturated carbocycles. The van der Waals surface area contributed by atoms with Crippen molar-refractivity contribution in [3.8, 4) is 5.69 Å². The Balaban J connectivity index is 2.27. The molecule has 0 aliphatic rings.